The van der Waals surface area contributed by atoms with Crippen LogP contribution in [-0.4, -0.2) is 22.7 Å². The molecular formula is C15H17NO3S. The highest BCUT2D eigenvalue weighted by molar-refractivity contribution is 7.13. The number of aliphatic carboxylic acids is 1. The van der Waals surface area contributed by atoms with Crippen molar-refractivity contribution in [2.45, 2.75) is 26.2 Å². The largest absolute Gasteiger partial charge is 0.494 e. The second kappa shape index (κ2) is 5.63. The molecule has 0 unspecified atom stereocenters. The van der Waals surface area contributed by atoms with Gasteiger partial charge in [0.05, 0.1) is 12.3 Å². The van der Waals surface area contributed by atoms with E-state index in [1.165, 1.54) is 11.3 Å². The number of aromatic nitrogens is 1. The van der Waals surface area contributed by atoms with Crippen LogP contribution in [0.3, 0.4) is 0 Å². The predicted octanol–water partition coefficient (Wildman–Crippen LogP) is 3.57. The molecule has 2 rings (SSSR count). The van der Waals surface area contributed by atoms with Crippen LogP contribution in [0.2, 0.25) is 0 Å². The fourth-order valence-electron chi connectivity index (χ4n) is 1.69. The molecule has 1 aromatic heterocycles. The minimum absolute atomic E-state index is 0.576. The molecular weight excluding hydrogens is 274 g/mol. The van der Waals surface area contributed by atoms with E-state index in [0.717, 1.165) is 16.3 Å². The predicted molar refractivity (Wildman–Crippen MR) is 79.4 cm³/mol. The number of benzene rings is 1. The van der Waals surface area contributed by atoms with Gasteiger partial charge >= 0.3 is 5.97 Å². The van der Waals surface area contributed by atoms with Crippen LogP contribution in [0.4, 0.5) is 0 Å². The number of carboxylic acids is 1. The molecule has 0 saturated heterocycles. The van der Waals surface area contributed by atoms with Crippen LogP contribution in [0.25, 0.3) is 10.6 Å². The van der Waals surface area contributed by atoms with Gasteiger partial charge in [0.15, 0.2) is 0 Å². The Morgan fingerprint density at radius 2 is 2.20 bits per heavy atom. The summed E-state index contributed by atoms with van der Waals surface area (Å²) in [6.07, 6.45) is 0. The highest BCUT2D eigenvalue weighted by Gasteiger charge is 2.32. The zero-order chi connectivity index (χ0) is 14.8. The molecule has 0 amide bonds. The minimum Gasteiger partial charge on any atom is -0.494 e. The van der Waals surface area contributed by atoms with Crippen LogP contribution in [0.1, 0.15) is 26.5 Å². The van der Waals surface area contributed by atoms with Crippen molar-refractivity contribution in [2.75, 3.05) is 6.61 Å². The first kappa shape index (κ1) is 14.5. The third-order valence-corrected chi connectivity index (χ3v) is 3.96. The normalized spacial score (nSPS) is 11.3. The first-order chi connectivity index (χ1) is 9.45. The van der Waals surface area contributed by atoms with E-state index in [-0.39, 0.29) is 0 Å². The summed E-state index contributed by atoms with van der Waals surface area (Å²) in [4.78, 5) is 15.7. The lowest BCUT2D eigenvalue weighted by molar-refractivity contribution is -0.142. The van der Waals surface area contributed by atoms with E-state index in [9.17, 15) is 9.90 Å². The zero-order valence-electron chi connectivity index (χ0n) is 11.7. The SMILES string of the molecule is CCOc1cccc(-c2nc(C(C)(C)C(=O)O)cs2)c1. The number of hydrogen-bond donors (Lipinski definition) is 1. The molecule has 0 atom stereocenters. The van der Waals surface area contributed by atoms with Crippen molar-refractivity contribution in [1.82, 2.24) is 4.98 Å². The van der Waals surface area contributed by atoms with Crippen molar-refractivity contribution in [2.24, 2.45) is 0 Å². The van der Waals surface area contributed by atoms with Gasteiger partial charge in [0.1, 0.15) is 16.2 Å². The Kier molecular flexibility index (Phi) is 4.09. The topological polar surface area (TPSA) is 59.4 Å². The highest BCUT2D eigenvalue weighted by Crippen LogP contribution is 2.31. The van der Waals surface area contributed by atoms with Crippen LogP contribution in [0.5, 0.6) is 5.75 Å². The first-order valence-corrected chi connectivity index (χ1v) is 7.25. The summed E-state index contributed by atoms with van der Waals surface area (Å²) in [5.74, 6) is -0.0864. The van der Waals surface area contributed by atoms with E-state index >= 15 is 0 Å². The lowest BCUT2D eigenvalue weighted by Crippen LogP contribution is -2.28. The van der Waals surface area contributed by atoms with E-state index in [0.29, 0.717) is 12.3 Å². The third-order valence-electron chi connectivity index (χ3n) is 3.07. The molecule has 20 heavy (non-hydrogen) atoms. The summed E-state index contributed by atoms with van der Waals surface area (Å²) < 4.78 is 5.46. The van der Waals surface area contributed by atoms with Crippen LogP contribution >= 0.6 is 11.3 Å². The molecule has 0 aliphatic heterocycles. The van der Waals surface area contributed by atoms with Crippen molar-refractivity contribution in [3.63, 3.8) is 0 Å². The maximum absolute atomic E-state index is 11.3. The van der Waals surface area contributed by atoms with Crippen molar-refractivity contribution < 1.29 is 14.6 Å². The zero-order valence-corrected chi connectivity index (χ0v) is 12.5. The van der Waals surface area contributed by atoms with Crippen LogP contribution in [-0.2, 0) is 10.2 Å². The van der Waals surface area contributed by atoms with Gasteiger partial charge in [0, 0.05) is 10.9 Å². The minimum atomic E-state index is -0.980. The van der Waals surface area contributed by atoms with Crippen LogP contribution in [0, 0.1) is 0 Å². The fraction of sp³-hybridized carbons (Fsp3) is 0.333. The molecule has 0 bridgehead atoms. The van der Waals surface area contributed by atoms with E-state index in [1.54, 1.807) is 19.2 Å². The standard InChI is InChI=1S/C15H17NO3S/c1-4-19-11-7-5-6-10(8-11)13-16-12(9-20-13)15(2,3)14(17)18/h5-9H,4H2,1-3H3,(H,17,18). The van der Waals surface area contributed by atoms with Gasteiger partial charge in [-0.15, -0.1) is 11.3 Å². The number of thiazole rings is 1. The Labute approximate surface area is 122 Å². The highest BCUT2D eigenvalue weighted by atomic mass is 32.1. The molecule has 0 saturated carbocycles. The summed E-state index contributed by atoms with van der Waals surface area (Å²) in [7, 11) is 0. The number of ether oxygens (including phenoxy) is 1. The average Bonchev–Trinajstić information content (AvgIpc) is 2.89. The quantitative estimate of drug-likeness (QED) is 0.915. The van der Waals surface area contributed by atoms with Gasteiger partial charge in [0.25, 0.3) is 0 Å². The Hall–Kier alpha value is -1.88. The number of carbonyl (C=O) groups is 1. The van der Waals surface area contributed by atoms with E-state index in [1.807, 2.05) is 31.2 Å². The second-order valence-electron chi connectivity index (χ2n) is 4.93. The van der Waals surface area contributed by atoms with Gasteiger partial charge in [-0.1, -0.05) is 12.1 Å². The van der Waals surface area contributed by atoms with Gasteiger partial charge in [-0.2, -0.15) is 0 Å². The second-order valence-corrected chi connectivity index (χ2v) is 5.79. The van der Waals surface area contributed by atoms with E-state index < -0.39 is 11.4 Å². The number of hydrogen-bond acceptors (Lipinski definition) is 4. The number of rotatable bonds is 5. The average molecular weight is 291 g/mol. The van der Waals surface area contributed by atoms with Crippen molar-refractivity contribution in [1.29, 1.82) is 0 Å². The Morgan fingerprint density at radius 1 is 1.45 bits per heavy atom. The number of nitrogens with zero attached hydrogens (tertiary/aromatic N) is 1. The summed E-state index contributed by atoms with van der Waals surface area (Å²) in [6.45, 7) is 5.86. The first-order valence-electron chi connectivity index (χ1n) is 6.37. The molecule has 5 heteroatoms. The molecule has 2 aromatic rings. The lowest BCUT2D eigenvalue weighted by Gasteiger charge is -2.15. The van der Waals surface area contributed by atoms with Crippen molar-refractivity contribution in [3.8, 4) is 16.3 Å². The van der Waals surface area contributed by atoms with Gasteiger partial charge in [-0.25, -0.2) is 4.98 Å². The van der Waals surface area contributed by atoms with Gasteiger partial charge in [-0.05, 0) is 32.9 Å². The van der Waals surface area contributed by atoms with E-state index in [4.69, 9.17) is 4.74 Å². The maximum atomic E-state index is 11.3. The molecule has 1 aromatic carbocycles. The molecule has 1 heterocycles. The van der Waals surface area contributed by atoms with Crippen LogP contribution in [0.15, 0.2) is 29.6 Å². The molecule has 0 fully saturated rings. The summed E-state index contributed by atoms with van der Waals surface area (Å²) in [5.41, 5.74) is 0.534. The van der Waals surface area contributed by atoms with Gasteiger partial charge < -0.3 is 9.84 Å². The van der Waals surface area contributed by atoms with Gasteiger partial charge in [-0.3, -0.25) is 4.79 Å². The third kappa shape index (κ3) is 2.82. The smallest absolute Gasteiger partial charge is 0.315 e. The van der Waals surface area contributed by atoms with Crippen molar-refractivity contribution in [3.05, 3.63) is 35.3 Å². The molecule has 1 N–H and O–H groups in total. The molecule has 0 radical (unpaired) electrons. The molecule has 0 aliphatic carbocycles. The Balaban J connectivity index is 2.33. The number of carboxylic acid groups (broad SMARTS) is 1. The Bertz CT molecular complexity index is 619. The summed E-state index contributed by atoms with van der Waals surface area (Å²) in [5, 5.41) is 11.8. The monoisotopic (exact) mass is 291 g/mol. The van der Waals surface area contributed by atoms with Crippen molar-refractivity contribution >= 4 is 17.3 Å². The molecule has 4 nitrogen and oxygen atoms in total. The van der Waals surface area contributed by atoms with Crippen LogP contribution < -0.4 is 4.74 Å². The molecule has 0 aliphatic rings. The van der Waals surface area contributed by atoms with E-state index in [2.05, 4.69) is 4.98 Å². The Morgan fingerprint density at radius 3 is 2.85 bits per heavy atom. The fourth-order valence-corrected chi connectivity index (χ4v) is 2.67. The summed E-state index contributed by atoms with van der Waals surface area (Å²) in [6, 6.07) is 7.66. The molecule has 106 valence electrons. The molecule has 0 spiro atoms. The maximum Gasteiger partial charge on any atom is 0.315 e. The lowest BCUT2D eigenvalue weighted by atomic mass is 9.90. The summed E-state index contributed by atoms with van der Waals surface area (Å²) >= 11 is 1.44. The van der Waals surface area contributed by atoms with Gasteiger partial charge in [0.2, 0.25) is 0 Å².